The minimum atomic E-state index is -0.672. The van der Waals surface area contributed by atoms with Crippen LogP contribution in [-0.4, -0.2) is 49.6 Å². The number of alkyl carbamates (subject to hydrolysis) is 1. The summed E-state index contributed by atoms with van der Waals surface area (Å²) >= 11 is 0. The number of anilines is 2. The Labute approximate surface area is 224 Å². The lowest BCUT2D eigenvalue weighted by Gasteiger charge is -2.23. The van der Waals surface area contributed by atoms with Gasteiger partial charge >= 0.3 is 12.1 Å². The molecule has 3 N–H and O–H groups in total. The summed E-state index contributed by atoms with van der Waals surface area (Å²) in [6.07, 6.45) is -0.557. The van der Waals surface area contributed by atoms with Crippen LogP contribution >= 0.6 is 0 Å². The number of benzene rings is 2. The van der Waals surface area contributed by atoms with E-state index in [4.69, 9.17) is 14.9 Å². The summed E-state index contributed by atoms with van der Waals surface area (Å²) in [5.74, 6) is 5.70. The molecule has 0 atom stereocenters. The van der Waals surface area contributed by atoms with Crippen molar-refractivity contribution < 1.29 is 23.9 Å². The van der Waals surface area contributed by atoms with Crippen LogP contribution < -0.4 is 15.5 Å². The van der Waals surface area contributed by atoms with Gasteiger partial charge in [-0.25, -0.2) is 4.79 Å². The molecule has 2 amide bonds. The zero-order valence-corrected chi connectivity index (χ0v) is 23.1. The Morgan fingerprint density at radius 3 is 2.29 bits per heavy atom. The lowest BCUT2D eigenvalue weighted by molar-refractivity contribution is -0.140. The topological polar surface area (TPSA) is 121 Å². The number of aryl methyl sites for hydroxylation is 2. The van der Waals surface area contributed by atoms with Gasteiger partial charge in [0.25, 0.3) is 0 Å². The monoisotopic (exact) mass is 520 g/mol. The van der Waals surface area contributed by atoms with Crippen LogP contribution in [0, 0.1) is 31.1 Å². The van der Waals surface area contributed by atoms with E-state index in [9.17, 15) is 14.4 Å². The largest absolute Gasteiger partial charge is 0.469 e. The lowest BCUT2D eigenvalue weighted by atomic mass is 10.0. The minimum Gasteiger partial charge on any atom is -0.469 e. The van der Waals surface area contributed by atoms with Gasteiger partial charge in [0.15, 0.2) is 0 Å². The third-order valence-corrected chi connectivity index (χ3v) is 5.38. The van der Waals surface area contributed by atoms with Crippen molar-refractivity contribution in [1.29, 1.82) is 5.41 Å². The van der Waals surface area contributed by atoms with Crippen LogP contribution in [0.15, 0.2) is 36.4 Å². The van der Waals surface area contributed by atoms with Crippen LogP contribution in [-0.2, 0) is 19.1 Å². The second-order valence-corrected chi connectivity index (χ2v) is 9.68. The third kappa shape index (κ3) is 9.28. The molecule has 38 heavy (non-hydrogen) atoms. The first kappa shape index (κ1) is 29.9. The van der Waals surface area contributed by atoms with Crippen LogP contribution in [0.25, 0.3) is 0 Å². The maximum Gasteiger partial charge on any atom is 0.413 e. The molecule has 202 valence electrons. The molecule has 0 unspecified atom stereocenters. The number of nitrogens with zero attached hydrogens (tertiary/aromatic N) is 1. The molecule has 2 aromatic rings. The van der Waals surface area contributed by atoms with E-state index in [0.717, 1.165) is 28.1 Å². The maximum atomic E-state index is 12.2. The molecule has 0 radical (unpaired) electrons. The van der Waals surface area contributed by atoms with Gasteiger partial charge in [-0.2, -0.15) is 0 Å². The molecule has 0 heterocycles. The van der Waals surface area contributed by atoms with E-state index in [-0.39, 0.29) is 30.7 Å². The summed E-state index contributed by atoms with van der Waals surface area (Å²) in [7, 11) is 1.33. The Kier molecular flexibility index (Phi) is 10.5. The van der Waals surface area contributed by atoms with E-state index >= 15 is 0 Å². The van der Waals surface area contributed by atoms with Crippen molar-refractivity contribution in [3.63, 3.8) is 0 Å². The van der Waals surface area contributed by atoms with Crippen LogP contribution in [0.4, 0.5) is 16.2 Å². The molecule has 0 aliphatic carbocycles. The summed E-state index contributed by atoms with van der Waals surface area (Å²) in [4.78, 5) is 37.2. The van der Waals surface area contributed by atoms with Gasteiger partial charge in [-0.05, 0) is 82.1 Å². The SMILES string of the molecule is COC(=O)CCN(C(C)=O)c1cc(C)c(C#CCNc2ccc(C(=N)NC(=O)OC(C)(C)C)cc2)cc1C. The molecule has 0 aliphatic rings. The molecule has 9 nitrogen and oxygen atoms in total. The van der Waals surface area contributed by atoms with Gasteiger partial charge in [0.05, 0.1) is 20.1 Å². The van der Waals surface area contributed by atoms with Crippen LogP contribution in [0.2, 0.25) is 0 Å². The van der Waals surface area contributed by atoms with E-state index in [0.29, 0.717) is 12.1 Å². The third-order valence-electron chi connectivity index (χ3n) is 5.38. The average Bonchev–Trinajstić information content (AvgIpc) is 2.83. The van der Waals surface area contributed by atoms with Crippen molar-refractivity contribution in [2.45, 2.75) is 53.6 Å². The molecule has 0 spiro atoms. The number of rotatable bonds is 7. The number of amides is 2. The Bertz CT molecular complexity index is 1250. The van der Waals surface area contributed by atoms with Crippen molar-refractivity contribution in [3.05, 3.63) is 58.7 Å². The molecule has 0 aliphatic heterocycles. The fourth-order valence-corrected chi connectivity index (χ4v) is 3.50. The van der Waals surface area contributed by atoms with Gasteiger partial charge in [-0.3, -0.25) is 20.3 Å². The number of hydrogen-bond donors (Lipinski definition) is 3. The lowest BCUT2D eigenvalue weighted by Crippen LogP contribution is -2.36. The molecular weight excluding hydrogens is 484 g/mol. The smallest absolute Gasteiger partial charge is 0.413 e. The van der Waals surface area contributed by atoms with Crippen LogP contribution in [0.5, 0.6) is 0 Å². The van der Waals surface area contributed by atoms with Gasteiger partial charge in [0.1, 0.15) is 11.4 Å². The normalized spacial score (nSPS) is 10.5. The highest BCUT2D eigenvalue weighted by atomic mass is 16.6. The number of carbonyl (C=O) groups is 3. The fourth-order valence-electron chi connectivity index (χ4n) is 3.50. The predicted molar refractivity (Wildman–Crippen MR) is 149 cm³/mol. The molecule has 0 saturated heterocycles. The van der Waals surface area contributed by atoms with Crippen molar-refractivity contribution in [1.82, 2.24) is 5.32 Å². The van der Waals surface area contributed by atoms with Gasteiger partial charge < -0.3 is 19.7 Å². The summed E-state index contributed by atoms with van der Waals surface area (Å²) in [6.45, 7) is 11.2. The van der Waals surface area contributed by atoms with Gasteiger partial charge in [-0.15, -0.1) is 0 Å². The summed E-state index contributed by atoms with van der Waals surface area (Å²) < 4.78 is 9.86. The number of carbonyl (C=O) groups excluding carboxylic acids is 3. The van der Waals surface area contributed by atoms with Crippen molar-refractivity contribution >= 4 is 35.2 Å². The highest BCUT2D eigenvalue weighted by Gasteiger charge is 2.18. The summed E-state index contributed by atoms with van der Waals surface area (Å²) in [5, 5.41) is 13.7. The highest BCUT2D eigenvalue weighted by molar-refractivity contribution is 6.04. The Morgan fingerprint density at radius 2 is 1.71 bits per heavy atom. The highest BCUT2D eigenvalue weighted by Crippen LogP contribution is 2.25. The Morgan fingerprint density at radius 1 is 1.05 bits per heavy atom. The first-order valence-corrected chi connectivity index (χ1v) is 12.2. The van der Waals surface area contributed by atoms with E-state index < -0.39 is 11.7 Å². The molecule has 2 aromatic carbocycles. The summed E-state index contributed by atoms with van der Waals surface area (Å²) in [5.41, 5.74) is 4.12. The summed E-state index contributed by atoms with van der Waals surface area (Å²) in [6, 6.07) is 10.9. The number of ether oxygens (including phenoxy) is 2. The second kappa shape index (κ2) is 13.3. The maximum absolute atomic E-state index is 12.2. The van der Waals surface area contributed by atoms with Gasteiger partial charge in [0, 0.05) is 36.0 Å². The van der Waals surface area contributed by atoms with E-state index in [2.05, 4.69) is 22.5 Å². The number of esters is 1. The Hall–Kier alpha value is -4.32. The van der Waals surface area contributed by atoms with Gasteiger partial charge in [0.2, 0.25) is 5.91 Å². The van der Waals surface area contributed by atoms with Crippen LogP contribution in [0.1, 0.15) is 56.4 Å². The van der Waals surface area contributed by atoms with Crippen molar-refractivity contribution in [3.8, 4) is 11.8 Å². The molecule has 0 saturated carbocycles. The first-order valence-electron chi connectivity index (χ1n) is 12.2. The molecular formula is C29H36N4O5. The van der Waals surface area contributed by atoms with Gasteiger partial charge in [-0.1, -0.05) is 11.8 Å². The van der Waals surface area contributed by atoms with Crippen LogP contribution in [0.3, 0.4) is 0 Å². The van der Waals surface area contributed by atoms with E-state index in [1.807, 2.05) is 26.0 Å². The second-order valence-electron chi connectivity index (χ2n) is 9.68. The molecule has 2 rings (SSSR count). The number of nitrogens with one attached hydrogen (secondary N) is 3. The molecule has 0 aromatic heterocycles. The number of hydrogen-bond acceptors (Lipinski definition) is 7. The zero-order chi connectivity index (χ0) is 28.5. The fraction of sp³-hybridized carbons (Fsp3) is 0.379. The molecule has 0 bridgehead atoms. The van der Waals surface area contributed by atoms with Crippen molar-refractivity contribution in [2.75, 3.05) is 30.4 Å². The standard InChI is InChI=1S/C29H36N4O5/c1-19-18-25(33(21(3)34)16-14-26(35)37-7)20(2)17-23(19)9-8-15-31-24-12-10-22(11-13-24)27(30)32-28(36)38-29(4,5)6/h10-13,17-18,31H,14-16H2,1-7H3,(H2,30,32,36). The quantitative estimate of drug-likeness (QED) is 0.213. The molecule has 0 fully saturated rings. The van der Waals surface area contributed by atoms with Crippen molar-refractivity contribution in [2.24, 2.45) is 0 Å². The molecule has 9 heteroatoms. The van der Waals surface area contributed by atoms with E-state index in [1.165, 1.54) is 14.0 Å². The first-order chi connectivity index (χ1) is 17.8. The predicted octanol–water partition coefficient (Wildman–Crippen LogP) is 4.53. The number of amidine groups is 1. The zero-order valence-electron chi connectivity index (χ0n) is 23.1. The average molecular weight is 521 g/mol. The Balaban J connectivity index is 2.00. The number of methoxy groups -OCH3 is 1. The van der Waals surface area contributed by atoms with E-state index in [1.54, 1.807) is 49.9 Å². The minimum absolute atomic E-state index is 0.0477.